The number of nitrogens with zero attached hydrogens (tertiary/aromatic N) is 2. The molecule has 19 heavy (non-hydrogen) atoms. The number of anilines is 1. The molecule has 1 aromatic rings. The molecule has 106 valence electrons. The Morgan fingerprint density at radius 3 is 2.74 bits per heavy atom. The van der Waals surface area contributed by atoms with E-state index in [0.717, 1.165) is 6.20 Å². The van der Waals surface area contributed by atoms with E-state index in [0.29, 0.717) is 5.75 Å². The molecular weight excluding hydrogens is 289 g/mol. The molecule has 1 N–H and O–H groups in total. The molecule has 0 aliphatic heterocycles. The van der Waals surface area contributed by atoms with Crippen molar-refractivity contribution >= 4 is 34.3 Å². The highest BCUT2D eigenvalue weighted by Crippen LogP contribution is 2.26. The van der Waals surface area contributed by atoms with Gasteiger partial charge in [-0.1, -0.05) is 32.5 Å². The van der Waals surface area contributed by atoms with E-state index in [1.165, 1.54) is 18.7 Å². The smallest absolute Gasteiger partial charge is 0.224 e. The third-order valence-electron chi connectivity index (χ3n) is 2.52. The second-order valence-electron chi connectivity index (χ2n) is 5.20. The zero-order valence-corrected chi connectivity index (χ0v) is 12.9. The highest BCUT2D eigenvalue weighted by atomic mass is 35.5. The molecule has 1 aromatic heterocycles. The fourth-order valence-corrected chi connectivity index (χ4v) is 2.44. The SMILES string of the molecule is CC(=O)SCC(Nc1nc(Cl)ncc1F)C(C)(C)C. The summed E-state index contributed by atoms with van der Waals surface area (Å²) in [5, 5.41) is 3.01. The lowest BCUT2D eigenvalue weighted by atomic mass is 9.88. The Kier molecular flexibility index (Phi) is 5.55. The van der Waals surface area contributed by atoms with E-state index < -0.39 is 5.82 Å². The number of halogens is 2. The number of carbonyl (C=O) groups is 1. The van der Waals surface area contributed by atoms with Gasteiger partial charge in [-0.05, 0) is 17.0 Å². The maximum atomic E-state index is 13.6. The minimum absolute atomic E-state index is 0.0178. The summed E-state index contributed by atoms with van der Waals surface area (Å²) in [5.74, 6) is 0.0236. The summed E-state index contributed by atoms with van der Waals surface area (Å²) < 4.78 is 13.6. The molecule has 0 bridgehead atoms. The number of rotatable bonds is 4. The van der Waals surface area contributed by atoms with Gasteiger partial charge in [-0.2, -0.15) is 4.98 Å². The van der Waals surface area contributed by atoms with Crippen molar-refractivity contribution in [1.29, 1.82) is 0 Å². The summed E-state index contributed by atoms with van der Waals surface area (Å²) in [6, 6.07) is -0.123. The van der Waals surface area contributed by atoms with E-state index in [-0.39, 0.29) is 27.7 Å². The predicted molar refractivity (Wildman–Crippen MR) is 77.0 cm³/mol. The summed E-state index contributed by atoms with van der Waals surface area (Å²) in [5.41, 5.74) is -0.160. The van der Waals surface area contributed by atoms with E-state index in [1.54, 1.807) is 0 Å². The van der Waals surface area contributed by atoms with Crippen LogP contribution in [0.3, 0.4) is 0 Å². The van der Waals surface area contributed by atoms with E-state index in [9.17, 15) is 9.18 Å². The molecule has 0 saturated heterocycles. The van der Waals surface area contributed by atoms with Crippen molar-refractivity contribution in [3.8, 4) is 0 Å². The second kappa shape index (κ2) is 6.52. The van der Waals surface area contributed by atoms with Crippen molar-refractivity contribution in [2.75, 3.05) is 11.1 Å². The first-order chi connectivity index (χ1) is 8.70. The summed E-state index contributed by atoms with van der Waals surface area (Å²) in [4.78, 5) is 18.5. The van der Waals surface area contributed by atoms with Crippen molar-refractivity contribution in [3.05, 3.63) is 17.3 Å². The van der Waals surface area contributed by atoms with Gasteiger partial charge in [-0.15, -0.1) is 0 Å². The van der Waals surface area contributed by atoms with Crippen LogP contribution in [0.25, 0.3) is 0 Å². The maximum absolute atomic E-state index is 13.6. The van der Waals surface area contributed by atoms with E-state index in [4.69, 9.17) is 11.6 Å². The monoisotopic (exact) mass is 305 g/mol. The van der Waals surface area contributed by atoms with Gasteiger partial charge in [0.05, 0.1) is 6.20 Å². The normalized spacial score (nSPS) is 13.2. The van der Waals surface area contributed by atoms with Gasteiger partial charge in [0.1, 0.15) is 0 Å². The fraction of sp³-hybridized carbons (Fsp3) is 0.583. The standard InChI is InChI=1S/C12H17ClFN3OS/c1-7(18)19-6-9(12(2,3)4)16-10-8(14)5-15-11(13)17-10/h5,9H,6H2,1-4H3,(H,15,16,17). The number of carbonyl (C=O) groups excluding carboxylic acids is 1. The van der Waals surface area contributed by atoms with E-state index >= 15 is 0 Å². The Balaban J connectivity index is 2.88. The van der Waals surface area contributed by atoms with Gasteiger partial charge in [0.15, 0.2) is 16.8 Å². The van der Waals surface area contributed by atoms with Crippen LogP contribution in [0.2, 0.25) is 5.28 Å². The van der Waals surface area contributed by atoms with Crippen LogP contribution >= 0.6 is 23.4 Å². The summed E-state index contributed by atoms with van der Waals surface area (Å²) in [6.07, 6.45) is 1.02. The Hall–Kier alpha value is -0.880. The van der Waals surface area contributed by atoms with Crippen molar-refractivity contribution in [3.63, 3.8) is 0 Å². The quantitative estimate of drug-likeness (QED) is 0.864. The van der Waals surface area contributed by atoms with Crippen LogP contribution in [0.4, 0.5) is 10.2 Å². The largest absolute Gasteiger partial charge is 0.363 e. The lowest BCUT2D eigenvalue weighted by molar-refractivity contribution is -0.109. The van der Waals surface area contributed by atoms with Crippen LogP contribution in [0.5, 0.6) is 0 Å². The summed E-state index contributed by atoms with van der Waals surface area (Å²) in [7, 11) is 0. The van der Waals surface area contributed by atoms with Crippen LogP contribution < -0.4 is 5.32 Å². The van der Waals surface area contributed by atoms with Gasteiger partial charge in [0.2, 0.25) is 5.28 Å². The van der Waals surface area contributed by atoms with Gasteiger partial charge < -0.3 is 5.32 Å². The molecule has 0 aliphatic carbocycles. The van der Waals surface area contributed by atoms with Crippen molar-refractivity contribution < 1.29 is 9.18 Å². The molecule has 0 radical (unpaired) electrons. The van der Waals surface area contributed by atoms with Crippen molar-refractivity contribution in [1.82, 2.24) is 9.97 Å². The number of hydrogen-bond acceptors (Lipinski definition) is 5. The molecule has 1 rings (SSSR count). The highest BCUT2D eigenvalue weighted by molar-refractivity contribution is 8.13. The minimum atomic E-state index is -0.563. The molecule has 0 saturated carbocycles. The predicted octanol–water partition coefficient (Wildman–Crippen LogP) is 3.38. The molecule has 0 fully saturated rings. The number of nitrogens with one attached hydrogen (secondary N) is 1. The molecule has 0 amide bonds. The zero-order chi connectivity index (χ0) is 14.6. The van der Waals surface area contributed by atoms with Crippen LogP contribution in [0.1, 0.15) is 27.7 Å². The molecule has 1 atom stereocenters. The third kappa shape index (κ3) is 5.32. The first-order valence-electron chi connectivity index (χ1n) is 5.78. The average molecular weight is 306 g/mol. The summed E-state index contributed by atoms with van der Waals surface area (Å²) >= 11 is 6.85. The van der Waals surface area contributed by atoms with Crippen LogP contribution in [0, 0.1) is 11.2 Å². The molecule has 0 aliphatic rings. The maximum Gasteiger partial charge on any atom is 0.224 e. The summed E-state index contributed by atoms with van der Waals surface area (Å²) in [6.45, 7) is 7.52. The molecule has 0 aromatic carbocycles. The molecular formula is C12H17ClFN3OS. The molecule has 0 spiro atoms. The average Bonchev–Trinajstić information content (AvgIpc) is 2.26. The van der Waals surface area contributed by atoms with Crippen LogP contribution in [-0.4, -0.2) is 26.9 Å². The third-order valence-corrected chi connectivity index (χ3v) is 3.61. The van der Waals surface area contributed by atoms with Gasteiger partial charge in [-0.25, -0.2) is 9.37 Å². The van der Waals surface area contributed by atoms with Gasteiger partial charge in [-0.3, -0.25) is 4.79 Å². The lowest BCUT2D eigenvalue weighted by Gasteiger charge is -2.31. The van der Waals surface area contributed by atoms with Crippen molar-refractivity contribution in [2.45, 2.75) is 33.7 Å². The number of aromatic nitrogens is 2. The molecule has 1 unspecified atom stereocenters. The van der Waals surface area contributed by atoms with Crippen molar-refractivity contribution in [2.24, 2.45) is 5.41 Å². The Morgan fingerprint density at radius 2 is 2.21 bits per heavy atom. The Labute approximate surface area is 121 Å². The number of thioether (sulfide) groups is 1. The van der Waals surface area contributed by atoms with E-state index in [1.807, 2.05) is 20.8 Å². The first-order valence-corrected chi connectivity index (χ1v) is 7.14. The lowest BCUT2D eigenvalue weighted by Crippen LogP contribution is -2.37. The molecule has 7 heteroatoms. The Morgan fingerprint density at radius 1 is 1.58 bits per heavy atom. The molecule has 4 nitrogen and oxygen atoms in total. The minimum Gasteiger partial charge on any atom is -0.363 e. The highest BCUT2D eigenvalue weighted by Gasteiger charge is 2.26. The zero-order valence-electron chi connectivity index (χ0n) is 11.3. The second-order valence-corrected chi connectivity index (χ2v) is 6.74. The Bertz CT molecular complexity index is 465. The van der Waals surface area contributed by atoms with Gasteiger partial charge in [0, 0.05) is 18.7 Å². The van der Waals surface area contributed by atoms with Crippen LogP contribution in [0.15, 0.2) is 6.20 Å². The topological polar surface area (TPSA) is 54.9 Å². The molecule has 1 heterocycles. The van der Waals surface area contributed by atoms with Gasteiger partial charge >= 0.3 is 0 Å². The first kappa shape index (κ1) is 16.2. The van der Waals surface area contributed by atoms with Gasteiger partial charge in [0.25, 0.3) is 0 Å². The fourth-order valence-electron chi connectivity index (χ4n) is 1.32. The number of hydrogen-bond donors (Lipinski definition) is 1. The van der Waals surface area contributed by atoms with E-state index in [2.05, 4.69) is 15.3 Å². The van der Waals surface area contributed by atoms with Crippen LogP contribution in [-0.2, 0) is 4.79 Å².